The lowest BCUT2D eigenvalue weighted by atomic mass is 9.06. The van der Waals surface area contributed by atoms with Crippen LogP contribution >= 0.6 is 15.8 Å². The van der Waals surface area contributed by atoms with Gasteiger partial charge >= 0.3 is 0 Å². The van der Waals surface area contributed by atoms with Crippen LogP contribution in [0, 0.1) is 0 Å². The maximum atomic E-state index is 7.25. The molecule has 0 spiro atoms. The third-order valence-corrected chi connectivity index (χ3v) is 16.7. The summed E-state index contributed by atoms with van der Waals surface area (Å²) in [7, 11) is -0.798. The molecule has 0 aromatic heterocycles. The molecule has 230 valence electrons. The van der Waals surface area contributed by atoms with Gasteiger partial charge < -0.3 is 9.39 Å². The van der Waals surface area contributed by atoms with Crippen molar-refractivity contribution < 1.29 is 9.39 Å². The molecule has 6 rings (SSSR count). The molecule has 0 amide bonds. The van der Waals surface area contributed by atoms with E-state index in [2.05, 4.69) is 152 Å². The molecule has 2 aliphatic heterocycles. The summed E-state index contributed by atoms with van der Waals surface area (Å²) in [6, 6.07) is 37.1. The van der Waals surface area contributed by atoms with E-state index in [1.165, 1.54) is 43.4 Å². The minimum Gasteiger partial charge on any atom is -0.559 e. The van der Waals surface area contributed by atoms with Crippen LogP contribution in [0.5, 0.6) is 0 Å². The second kappa shape index (κ2) is 12.5. The van der Waals surface area contributed by atoms with Crippen molar-refractivity contribution in [2.45, 2.75) is 78.0 Å². The van der Waals surface area contributed by atoms with Crippen LogP contribution in [0.1, 0.15) is 55.4 Å². The van der Waals surface area contributed by atoms with Crippen LogP contribution in [0.4, 0.5) is 0 Å². The Kier molecular flexibility index (Phi) is 9.04. The van der Waals surface area contributed by atoms with Gasteiger partial charge in [0.15, 0.2) is 6.35 Å². The van der Waals surface area contributed by atoms with Gasteiger partial charge in [-0.3, -0.25) is 0 Å². The molecule has 0 saturated carbocycles. The highest BCUT2D eigenvalue weighted by Crippen LogP contribution is 2.46. The zero-order valence-electron chi connectivity index (χ0n) is 27.8. The molecule has 4 aromatic rings. The second-order valence-electron chi connectivity index (χ2n) is 14.1. The van der Waals surface area contributed by atoms with Crippen molar-refractivity contribution in [3.05, 3.63) is 97.1 Å². The first-order valence-electron chi connectivity index (χ1n) is 16.7. The number of fused-ring (bicyclic) bond motifs is 3. The van der Waals surface area contributed by atoms with Gasteiger partial charge in [0.1, 0.15) is 12.9 Å². The van der Waals surface area contributed by atoms with Gasteiger partial charge in [0.2, 0.25) is 0 Å². The maximum Gasteiger partial charge on any atom is 0.193 e. The predicted octanol–water partition coefficient (Wildman–Crippen LogP) is 4.83. The minimum atomic E-state index is -1.74. The summed E-state index contributed by atoms with van der Waals surface area (Å²) in [6.45, 7) is 20.1. The second-order valence-corrected chi connectivity index (χ2v) is 20.8. The van der Waals surface area contributed by atoms with Crippen LogP contribution < -0.4 is 43.4 Å². The molecule has 0 atom stereocenters. The summed E-state index contributed by atoms with van der Waals surface area (Å²) in [5.41, 5.74) is 10.6. The van der Waals surface area contributed by atoms with Gasteiger partial charge in [0.05, 0.1) is 0 Å². The van der Waals surface area contributed by atoms with Crippen LogP contribution in [0.2, 0.25) is 0 Å². The summed E-state index contributed by atoms with van der Waals surface area (Å²) < 4.78 is 14.0. The Hall–Kier alpha value is -2.21. The standard InChI is InChI=1S/C38H48B2O2P2/c1-27(2)43(28(3)4)37-23-15-13-21-35(37)39-25-41-26-42-40(33-19-11-9-17-31(33)39,34-20-12-10-18-32(34)39)36-22-14-16-24-38(36)44(29(5)6)30(7)8/h9-24,27-30H,25-26H2,1-8H3/q-2. The van der Waals surface area contributed by atoms with E-state index in [0.717, 1.165) is 0 Å². The topological polar surface area (TPSA) is 18.5 Å². The summed E-state index contributed by atoms with van der Waals surface area (Å²) in [5, 5.41) is 3.01. The van der Waals surface area contributed by atoms with Gasteiger partial charge in [-0.05, 0) is 22.6 Å². The zero-order chi connectivity index (χ0) is 31.2. The Bertz CT molecular complexity index is 1450. The number of hydrogen-bond donors (Lipinski definition) is 0. The van der Waals surface area contributed by atoms with E-state index < -0.39 is 20.4 Å². The Labute approximate surface area is 268 Å². The van der Waals surface area contributed by atoms with Crippen molar-refractivity contribution in [1.82, 2.24) is 0 Å². The molecule has 2 aliphatic rings. The molecule has 0 radical (unpaired) electrons. The Morgan fingerprint density at radius 3 is 1.30 bits per heavy atom. The first-order valence-corrected chi connectivity index (χ1v) is 19.6. The highest BCUT2D eigenvalue weighted by atomic mass is 31.1. The highest BCUT2D eigenvalue weighted by Gasteiger charge is 2.47. The smallest absolute Gasteiger partial charge is 0.193 e. The number of ether oxygens (including phenoxy) is 1. The lowest BCUT2D eigenvalue weighted by Crippen LogP contribution is -2.92. The average molecular weight is 620 g/mol. The predicted molar refractivity (Wildman–Crippen MR) is 201 cm³/mol. The van der Waals surface area contributed by atoms with Crippen LogP contribution in [0.25, 0.3) is 0 Å². The average Bonchev–Trinajstić information content (AvgIpc) is 2.98. The van der Waals surface area contributed by atoms with E-state index in [1.54, 1.807) is 0 Å². The van der Waals surface area contributed by atoms with Crippen molar-refractivity contribution in [2.24, 2.45) is 0 Å². The van der Waals surface area contributed by atoms with E-state index in [0.29, 0.717) is 29.1 Å². The van der Waals surface area contributed by atoms with Gasteiger partial charge in [-0.15, -0.1) is 0 Å². The molecule has 44 heavy (non-hydrogen) atoms. The van der Waals surface area contributed by atoms with Crippen LogP contribution in [-0.4, -0.2) is 48.4 Å². The lowest BCUT2D eigenvalue weighted by molar-refractivity contribution is 0.0347. The van der Waals surface area contributed by atoms with Crippen molar-refractivity contribution in [1.29, 1.82) is 0 Å². The largest absolute Gasteiger partial charge is 0.559 e. The molecule has 6 heteroatoms. The van der Waals surface area contributed by atoms with Crippen LogP contribution in [0.3, 0.4) is 0 Å². The third-order valence-electron chi connectivity index (χ3n) is 10.3. The monoisotopic (exact) mass is 620 g/mol. The highest BCUT2D eigenvalue weighted by molar-refractivity contribution is 7.68. The van der Waals surface area contributed by atoms with Gasteiger partial charge in [-0.1, -0.05) is 185 Å². The molecule has 2 heterocycles. The van der Waals surface area contributed by atoms with Crippen molar-refractivity contribution in [2.75, 3.05) is 13.3 Å². The molecule has 0 fully saturated rings. The van der Waals surface area contributed by atoms with Gasteiger partial charge in [0, 0.05) is 0 Å². The maximum absolute atomic E-state index is 7.25. The van der Waals surface area contributed by atoms with E-state index in [-0.39, 0.29) is 14.7 Å². The van der Waals surface area contributed by atoms with Gasteiger partial charge in [-0.25, -0.2) is 21.9 Å². The number of benzene rings is 4. The van der Waals surface area contributed by atoms with Gasteiger partial charge in [0.25, 0.3) is 0 Å². The first-order chi connectivity index (χ1) is 21.2. The quantitative estimate of drug-likeness (QED) is 0.208. The number of rotatable bonds is 8. The molecular formula is C38H48B2O2P2-2. The molecular weight excluding hydrogens is 572 g/mol. The fourth-order valence-electron chi connectivity index (χ4n) is 9.09. The molecule has 2 nitrogen and oxygen atoms in total. The van der Waals surface area contributed by atoms with E-state index in [1.807, 2.05) is 0 Å². The summed E-state index contributed by atoms with van der Waals surface area (Å²) >= 11 is 0. The first kappa shape index (κ1) is 31.8. The molecule has 0 N–H and O–H groups in total. The summed E-state index contributed by atoms with van der Waals surface area (Å²) in [6.07, 6.45) is -3.16. The third kappa shape index (κ3) is 4.88. The van der Waals surface area contributed by atoms with E-state index in [4.69, 9.17) is 9.39 Å². The normalized spacial score (nSPS) is 21.3. The lowest BCUT2D eigenvalue weighted by Gasteiger charge is -2.62. The Balaban J connectivity index is 1.74. The molecule has 0 unspecified atom stereocenters. The fourth-order valence-corrected chi connectivity index (χ4v) is 15.4. The summed E-state index contributed by atoms with van der Waals surface area (Å²) in [4.78, 5) is 0. The van der Waals surface area contributed by atoms with Crippen molar-refractivity contribution in [3.63, 3.8) is 0 Å². The van der Waals surface area contributed by atoms with Crippen LogP contribution in [0.15, 0.2) is 97.1 Å². The van der Waals surface area contributed by atoms with Crippen molar-refractivity contribution in [3.8, 4) is 0 Å². The molecule has 0 aliphatic carbocycles. The molecule has 4 aromatic carbocycles. The fraction of sp³-hybridized carbons (Fsp3) is 0.368. The molecule has 2 bridgehead atoms. The van der Waals surface area contributed by atoms with Crippen LogP contribution in [-0.2, 0) is 9.39 Å². The Morgan fingerprint density at radius 2 is 0.841 bits per heavy atom. The summed E-state index contributed by atoms with van der Waals surface area (Å²) in [5.74, 6) is 0. The SMILES string of the molecule is CC(C)P(c1ccccc1[B-]12COCO[B-](c3ccccc3P(C(C)C)C(C)C)(c3ccccc31)c1ccccc12)C(C)C. The Morgan fingerprint density at radius 1 is 0.477 bits per heavy atom. The minimum absolute atomic E-state index is 0.285. The van der Waals surface area contributed by atoms with E-state index in [9.17, 15) is 0 Å². The number of hydrogen-bond acceptors (Lipinski definition) is 2. The van der Waals surface area contributed by atoms with E-state index >= 15 is 0 Å². The van der Waals surface area contributed by atoms with Gasteiger partial charge in [-0.2, -0.15) is 10.9 Å². The zero-order valence-corrected chi connectivity index (χ0v) is 29.6. The molecule has 0 saturated heterocycles. The van der Waals surface area contributed by atoms with Crippen molar-refractivity contribution >= 4 is 71.7 Å².